The van der Waals surface area contributed by atoms with Crippen LogP contribution >= 0.6 is 0 Å². The molecule has 19 heavy (non-hydrogen) atoms. The molecule has 0 saturated carbocycles. The Kier molecular flexibility index (Phi) is 3.06. The third-order valence-electron chi connectivity index (χ3n) is 4.27. The Labute approximate surface area is 112 Å². The zero-order chi connectivity index (χ0) is 13.5. The van der Waals surface area contributed by atoms with Gasteiger partial charge < -0.3 is 9.84 Å². The first kappa shape index (κ1) is 12.6. The lowest BCUT2D eigenvalue weighted by Crippen LogP contribution is -2.60. The smallest absolute Gasteiger partial charge is 0.325 e. The van der Waals surface area contributed by atoms with Crippen LogP contribution in [0.15, 0.2) is 12.4 Å². The Morgan fingerprint density at radius 1 is 1.47 bits per heavy atom. The SMILES string of the molecule is Cn1cc(C(C(=O)O)N2CC3(CCOCC3)C2)cn1. The second-order valence-electron chi connectivity index (χ2n) is 5.71. The van der Waals surface area contributed by atoms with Crippen LogP contribution in [-0.2, 0) is 16.6 Å². The number of aliphatic carboxylic acids is 1. The highest BCUT2D eigenvalue weighted by atomic mass is 16.5. The van der Waals surface area contributed by atoms with Crippen molar-refractivity contribution in [1.29, 1.82) is 0 Å². The maximum absolute atomic E-state index is 11.5. The summed E-state index contributed by atoms with van der Waals surface area (Å²) in [4.78, 5) is 13.5. The first-order valence-corrected chi connectivity index (χ1v) is 6.63. The Balaban J connectivity index is 1.72. The van der Waals surface area contributed by atoms with Crippen LogP contribution in [0.1, 0.15) is 24.4 Å². The molecule has 0 amide bonds. The average Bonchev–Trinajstić information content (AvgIpc) is 2.75. The van der Waals surface area contributed by atoms with E-state index in [9.17, 15) is 9.90 Å². The van der Waals surface area contributed by atoms with Crippen LogP contribution in [0.4, 0.5) is 0 Å². The summed E-state index contributed by atoms with van der Waals surface area (Å²) in [6.45, 7) is 3.31. The van der Waals surface area contributed by atoms with Gasteiger partial charge in [-0.05, 0) is 12.8 Å². The van der Waals surface area contributed by atoms with E-state index in [1.807, 2.05) is 4.90 Å². The molecule has 2 aliphatic heterocycles. The summed E-state index contributed by atoms with van der Waals surface area (Å²) >= 11 is 0. The van der Waals surface area contributed by atoms with E-state index in [1.165, 1.54) is 0 Å². The van der Waals surface area contributed by atoms with Crippen molar-refractivity contribution in [3.05, 3.63) is 18.0 Å². The first-order chi connectivity index (χ1) is 9.10. The summed E-state index contributed by atoms with van der Waals surface area (Å²) < 4.78 is 7.03. The van der Waals surface area contributed by atoms with Crippen LogP contribution < -0.4 is 0 Å². The monoisotopic (exact) mass is 265 g/mol. The molecule has 1 N–H and O–H groups in total. The second-order valence-corrected chi connectivity index (χ2v) is 5.71. The van der Waals surface area contributed by atoms with Gasteiger partial charge in [0.1, 0.15) is 6.04 Å². The third kappa shape index (κ3) is 2.26. The fourth-order valence-electron chi connectivity index (χ4n) is 3.21. The highest BCUT2D eigenvalue weighted by Gasteiger charge is 2.48. The number of rotatable bonds is 3. The zero-order valence-electron chi connectivity index (χ0n) is 11.1. The fraction of sp³-hybridized carbons (Fsp3) is 0.692. The number of carboxylic acids is 1. The van der Waals surface area contributed by atoms with Crippen molar-refractivity contribution < 1.29 is 14.6 Å². The lowest BCUT2D eigenvalue weighted by atomic mass is 9.72. The van der Waals surface area contributed by atoms with Crippen LogP contribution in [0.25, 0.3) is 0 Å². The van der Waals surface area contributed by atoms with Crippen molar-refractivity contribution >= 4 is 5.97 Å². The van der Waals surface area contributed by atoms with Gasteiger partial charge >= 0.3 is 5.97 Å². The summed E-state index contributed by atoms with van der Waals surface area (Å²) in [6, 6.07) is -0.567. The fourth-order valence-corrected chi connectivity index (χ4v) is 3.21. The first-order valence-electron chi connectivity index (χ1n) is 6.63. The number of likely N-dealkylation sites (tertiary alicyclic amines) is 1. The van der Waals surface area contributed by atoms with Gasteiger partial charge in [0.15, 0.2) is 0 Å². The van der Waals surface area contributed by atoms with Gasteiger partial charge in [0.25, 0.3) is 0 Å². The van der Waals surface area contributed by atoms with E-state index >= 15 is 0 Å². The molecule has 0 radical (unpaired) electrons. The molecule has 2 aliphatic rings. The number of hydrogen-bond donors (Lipinski definition) is 1. The van der Waals surface area contributed by atoms with Crippen molar-refractivity contribution in [2.45, 2.75) is 18.9 Å². The molecule has 6 heteroatoms. The van der Waals surface area contributed by atoms with Gasteiger partial charge in [-0.1, -0.05) is 0 Å². The number of hydrogen-bond acceptors (Lipinski definition) is 4. The number of carbonyl (C=O) groups is 1. The molecular formula is C13H19N3O3. The van der Waals surface area contributed by atoms with E-state index in [4.69, 9.17) is 4.74 Å². The predicted octanol–water partition coefficient (Wildman–Crippen LogP) is 0.658. The summed E-state index contributed by atoms with van der Waals surface area (Å²) in [7, 11) is 1.80. The lowest BCUT2D eigenvalue weighted by molar-refractivity contribution is -0.154. The van der Waals surface area contributed by atoms with E-state index < -0.39 is 12.0 Å². The predicted molar refractivity (Wildman–Crippen MR) is 67.6 cm³/mol. The topological polar surface area (TPSA) is 67.6 Å². The standard InChI is InChI=1S/C13H19N3O3/c1-15-7-10(6-14-15)11(12(17)18)16-8-13(9-16)2-4-19-5-3-13/h6-7,11H,2-5,8-9H2,1H3,(H,17,18). The maximum Gasteiger partial charge on any atom is 0.325 e. The lowest BCUT2D eigenvalue weighted by Gasteiger charge is -2.54. The number of nitrogens with zero attached hydrogens (tertiary/aromatic N) is 3. The molecule has 1 aromatic rings. The minimum atomic E-state index is -0.796. The highest BCUT2D eigenvalue weighted by molar-refractivity contribution is 5.75. The minimum Gasteiger partial charge on any atom is -0.480 e. The zero-order valence-corrected chi connectivity index (χ0v) is 11.1. The van der Waals surface area contributed by atoms with E-state index in [0.717, 1.165) is 44.7 Å². The van der Waals surface area contributed by atoms with Crippen LogP contribution in [0.2, 0.25) is 0 Å². The molecular weight excluding hydrogens is 246 g/mol. The van der Waals surface area contributed by atoms with Gasteiger partial charge in [0.2, 0.25) is 0 Å². The van der Waals surface area contributed by atoms with Crippen molar-refractivity contribution in [2.24, 2.45) is 12.5 Å². The molecule has 6 nitrogen and oxygen atoms in total. The van der Waals surface area contributed by atoms with Gasteiger partial charge in [0.05, 0.1) is 6.20 Å². The normalized spacial score (nSPS) is 24.1. The number of carboxylic acid groups (broad SMARTS) is 1. The molecule has 0 aromatic carbocycles. The van der Waals surface area contributed by atoms with E-state index in [0.29, 0.717) is 0 Å². The third-order valence-corrected chi connectivity index (χ3v) is 4.27. The molecule has 2 fully saturated rings. The van der Waals surface area contributed by atoms with Gasteiger partial charge in [-0.25, -0.2) is 0 Å². The van der Waals surface area contributed by atoms with E-state index in [1.54, 1.807) is 24.1 Å². The molecule has 1 spiro atoms. The van der Waals surface area contributed by atoms with Gasteiger partial charge in [0, 0.05) is 50.5 Å². The highest BCUT2D eigenvalue weighted by Crippen LogP contribution is 2.43. The van der Waals surface area contributed by atoms with Crippen LogP contribution in [0.5, 0.6) is 0 Å². The Morgan fingerprint density at radius 3 is 2.68 bits per heavy atom. The van der Waals surface area contributed by atoms with Crippen molar-refractivity contribution in [2.75, 3.05) is 26.3 Å². The Bertz CT molecular complexity index is 471. The summed E-state index contributed by atoms with van der Waals surface area (Å²) in [5, 5.41) is 13.5. The summed E-state index contributed by atoms with van der Waals surface area (Å²) in [5.74, 6) is -0.796. The second kappa shape index (κ2) is 4.61. The van der Waals surface area contributed by atoms with E-state index in [2.05, 4.69) is 5.10 Å². The molecule has 0 bridgehead atoms. The van der Waals surface area contributed by atoms with Crippen LogP contribution in [-0.4, -0.2) is 52.1 Å². The number of aryl methyl sites for hydroxylation is 1. The van der Waals surface area contributed by atoms with Gasteiger partial charge in [-0.15, -0.1) is 0 Å². The molecule has 3 heterocycles. The van der Waals surface area contributed by atoms with Crippen LogP contribution in [0.3, 0.4) is 0 Å². The maximum atomic E-state index is 11.5. The van der Waals surface area contributed by atoms with Crippen molar-refractivity contribution in [3.8, 4) is 0 Å². The molecule has 104 valence electrons. The summed E-state index contributed by atoms with van der Waals surface area (Å²) in [6.07, 6.45) is 5.52. The molecule has 3 rings (SSSR count). The molecule has 1 aromatic heterocycles. The largest absolute Gasteiger partial charge is 0.480 e. The minimum absolute atomic E-state index is 0.286. The molecule has 1 atom stereocenters. The molecule has 1 unspecified atom stereocenters. The molecule has 2 saturated heterocycles. The number of ether oxygens (including phenoxy) is 1. The number of aromatic nitrogens is 2. The average molecular weight is 265 g/mol. The van der Waals surface area contributed by atoms with Crippen molar-refractivity contribution in [3.63, 3.8) is 0 Å². The molecule has 0 aliphatic carbocycles. The Hall–Kier alpha value is -1.40. The van der Waals surface area contributed by atoms with Gasteiger partial charge in [-0.2, -0.15) is 5.10 Å². The van der Waals surface area contributed by atoms with Gasteiger partial charge in [-0.3, -0.25) is 14.4 Å². The quantitative estimate of drug-likeness (QED) is 0.869. The Morgan fingerprint density at radius 2 is 2.16 bits per heavy atom. The van der Waals surface area contributed by atoms with Crippen LogP contribution in [0, 0.1) is 5.41 Å². The van der Waals surface area contributed by atoms with E-state index in [-0.39, 0.29) is 5.41 Å². The van der Waals surface area contributed by atoms with Crippen molar-refractivity contribution in [1.82, 2.24) is 14.7 Å². The summed E-state index contributed by atoms with van der Waals surface area (Å²) in [5.41, 5.74) is 1.05.